The molecule has 1 N–H and O–H groups in total. The Kier molecular flexibility index (Phi) is 4.43. The van der Waals surface area contributed by atoms with E-state index in [0.717, 1.165) is 6.54 Å². The number of nitrogens with zero attached hydrogens (tertiary/aromatic N) is 1. The molecule has 1 aromatic carbocycles. The molecule has 88 valence electrons. The van der Waals surface area contributed by atoms with Gasteiger partial charge in [0.2, 0.25) is 0 Å². The fourth-order valence-electron chi connectivity index (χ4n) is 1.37. The molecule has 0 aliphatic rings. The van der Waals surface area contributed by atoms with Crippen LogP contribution in [0.1, 0.15) is 15.9 Å². The van der Waals surface area contributed by atoms with Crippen LogP contribution in [0.25, 0.3) is 0 Å². The van der Waals surface area contributed by atoms with Crippen molar-refractivity contribution in [2.45, 2.75) is 6.92 Å². The van der Waals surface area contributed by atoms with Gasteiger partial charge in [0, 0.05) is 18.7 Å². The highest BCUT2D eigenvalue weighted by molar-refractivity contribution is 5.95. The molecule has 0 unspecified atom stereocenters. The minimum absolute atomic E-state index is 0.153. The predicted molar refractivity (Wildman–Crippen MR) is 62.0 cm³/mol. The quantitative estimate of drug-likeness (QED) is 0.839. The van der Waals surface area contributed by atoms with Gasteiger partial charge in [-0.05, 0) is 44.8 Å². The van der Waals surface area contributed by atoms with Crippen LogP contribution in [-0.2, 0) is 0 Å². The lowest BCUT2D eigenvalue weighted by Crippen LogP contribution is -2.31. The summed E-state index contributed by atoms with van der Waals surface area (Å²) in [6.07, 6.45) is 0. The van der Waals surface area contributed by atoms with E-state index in [0.29, 0.717) is 17.7 Å². The first kappa shape index (κ1) is 12.6. The Morgan fingerprint density at radius 1 is 1.44 bits per heavy atom. The van der Waals surface area contributed by atoms with E-state index >= 15 is 0 Å². The first-order valence-electron chi connectivity index (χ1n) is 5.20. The van der Waals surface area contributed by atoms with Gasteiger partial charge >= 0.3 is 0 Å². The van der Waals surface area contributed by atoms with Gasteiger partial charge in [0.05, 0.1) is 0 Å². The van der Waals surface area contributed by atoms with Crippen molar-refractivity contribution < 1.29 is 9.18 Å². The van der Waals surface area contributed by atoms with Gasteiger partial charge < -0.3 is 10.2 Å². The third-order valence-electron chi connectivity index (χ3n) is 2.28. The van der Waals surface area contributed by atoms with Crippen LogP contribution in [0.15, 0.2) is 18.2 Å². The maximum absolute atomic E-state index is 12.8. The van der Waals surface area contributed by atoms with Gasteiger partial charge in [-0.3, -0.25) is 4.79 Å². The van der Waals surface area contributed by atoms with Crippen molar-refractivity contribution in [3.8, 4) is 0 Å². The van der Waals surface area contributed by atoms with E-state index in [1.807, 2.05) is 19.0 Å². The minimum Gasteiger partial charge on any atom is -0.351 e. The van der Waals surface area contributed by atoms with Gasteiger partial charge in [-0.1, -0.05) is 0 Å². The summed E-state index contributed by atoms with van der Waals surface area (Å²) in [6, 6.07) is 4.17. The van der Waals surface area contributed by atoms with Crippen molar-refractivity contribution in [1.29, 1.82) is 0 Å². The molecule has 0 saturated carbocycles. The van der Waals surface area contributed by atoms with Gasteiger partial charge in [-0.2, -0.15) is 0 Å². The standard InChI is InChI=1S/C12H17FN2O/c1-9-8-10(13)4-5-11(9)12(16)14-6-7-15(2)3/h4-5,8H,6-7H2,1-3H3,(H,14,16). The fraction of sp³-hybridized carbons (Fsp3) is 0.417. The molecule has 0 atom stereocenters. The van der Waals surface area contributed by atoms with Crippen LogP contribution in [0, 0.1) is 12.7 Å². The molecule has 3 nitrogen and oxygen atoms in total. The summed E-state index contributed by atoms with van der Waals surface area (Å²) >= 11 is 0. The van der Waals surface area contributed by atoms with Crippen molar-refractivity contribution in [3.05, 3.63) is 35.1 Å². The fourth-order valence-corrected chi connectivity index (χ4v) is 1.37. The van der Waals surface area contributed by atoms with Crippen LogP contribution < -0.4 is 5.32 Å². The molecule has 0 saturated heterocycles. The molecule has 16 heavy (non-hydrogen) atoms. The van der Waals surface area contributed by atoms with Gasteiger partial charge in [-0.25, -0.2) is 4.39 Å². The van der Waals surface area contributed by atoms with Gasteiger partial charge in [-0.15, -0.1) is 0 Å². The smallest absolute Gasteiger partial charge is 0.251 e. The summed E-state index contributed by atoms with van der Waals surface area (Å²) in [5.74, 6) is -0.471. The summed E-state index contributed by atoms with van der Waals surface area (Å²) in [5, 5.41) is 2.79. The summed E-state index contributed by atoms with van der Waals surface area (Å²) in [7, 11) is 3.88. The number of likely N-dealkylation sites (N-methyl/N-ethyl adjacent to an activating group) is 1. The highest BCUT2D eigenvalue weighted by Crippen LogP contribution is 2.09. The second-order valence-corrected chi connectivity index (χ2v) is 4.02. The van der Waals surface area contributed by atoms with E-state index in [1.54, 1.807) is 6.92 Å². The number of carbonyl (C=O) groups is 1. The van der Waals surface area contributed by atoms with Crippen molar-refractivity contribution in [2.75, 3.05) is 27.2 Å². The normalized spacial score (nSPS) is 10.6. The summed E-state index contributed by atoms with van der Waals surface area (Å²) < 4.78 is 12.8. The molecule has 0 spiro atoms. The number of halogens is 1. The highest BCUT2D eigenvalue weighted by Gasteiger charge is 2.08. The average molecular weight is 224 g/mol. The number of nitrogens with one attached hydrogen (secondary N) is 1. The van der Waals surface area contributed by atoms with Gasteiger partial charge in [0.25, 0.3) is 5.91 Å². The molecular formula is C12H17FN2O. The minimum atomic E-state index is -0.317. The van der Waals surface area contributed by atoms with Crippen LogP contribution in [0.5, 0.6) is 0 Å². The number of amides is 1. The number of rotatable bonds is 4. The average Bonchev–Trinajstić information content (AvgIpc) is 2.16. The number of aryl methyl sites for hydroxylation is 1. The molecule has 0 aromatic heterocycles. The maximum Gasteiger partial charge on any atom is 0.251 e. The second kappa shape index (κ2) is 5.61. The van der Waals surface area contributed by atoms with Crippen LogP contribution in [0.3, 0.4) is 0 Å². The zero-order valence-electron chi connectivity index (χ0n) is 9.88. The van der Waals surface area contributed by atoms with Crippen LogP contribution in [0.4, 0.5) is 4.39 Å². The first-order valence-corrected chi connectivity index (χ1v) is 5.20. The molecule has 1 aromatic rings. The zero-order valence-corrected chi connectivity index (χ0v) is 9.88. The van der Waals surface area contributed by atoms with Gasteiger partial charge in [0.1, 0.15) is 5.82 Å². The molecule has 0 bridgehead atoms. The Morgan fingerprint density at radius 2 is 2.12 bits per heavy atom. The van der Waals surface area contributed by atoms with E-state index in [1.165, 1.54) is 18.2 Å². The first-order chi connectivity index (χ1) is 7.50. The molecule has 4 heteroatoms. The topological polar surface area (TPSA) is 32.3 Å². The molecule has 1 amide bonds. The van der Waals surface area contributed by atoms with E-state index in [9.17, 15) is 9.18 Å². The lowest BCUT2D eigenvalue weighted by atomic mass is 10.1. The van der Waals surface area contributed by atoms with Crippen molar-refractivity contribution in [3.63, 3.8) is 0 Å². The molecule has 0 radical (unpaired) electrons. The number of hydrogen-bond donors (Lipinski definition) is 1. The molecular weight excluding hydrogens is 207 g/mol. The maximum atomic E-state index is 12.8. The lowest BCUT2D eigenvalue weighted by molar-refractivity contribution is 0.0950. The summed E-state index contributed by atoms with van der Waals surface area (Å²) in [5.41, 5.74) is 1.18. The Balaban J connectivity index is 2.59. The Labute approximate surface area is 95.3 Å². The summed E-state index contributed by atoms with van der Waals surface area (Å²) in [4.78, 5) is 13.7. The third kappa shape index (κ3) is 3.62. The number of benzene rings is 1. The monoisotopic (exact) mass is 224 g/mol. The van der Waals surface area contributed by atoms with E-state index in [2.05, 4.69) is 5.32 Å². The Morgan fingerprint density at radius 3 is 2.69 bits per heavy atom. The van der Waals surface area contributed by atoms with Gasteiger partial charge in [0.15, 0.2) is 0 Å². The van der Waals surface area contributed by atoms with E-state index in [4.69, 9.17) is 0 Å². The lowest BCUT2D eigenvalue weighted by Gasteiger charge is -2.11. The Hall–Kier alpha value is -1.42. The zero-order chi connectivity index (χ0) is 12.1. The largest absolute Gasteiger partial charge is 0.351 e. The van der Waals surface area contributed by atoms with Crippen molar-refractivity contribution in [1.82, 2.24) is 10.2 Å². The number of carbonyl (C=O) groups excluding carboxylic acids is 1. The van der Waals surface area contributed by atoms with Crippen LogP contribution in [0.2, 0.25) is 0 Å². The van der Waals surface area contributed by atoms with Crippen molar-refractivity contribution in [2.24, 2.45) is 0 Å². The SMILES string of the molecule is Cc1cc(F)ccc1C(=O)NCCN(C)C. The molecule has 0 aliphatic heterocycles. The Bertz CT molecular complexity index is 377. The molecule has 0 aliphatic carbocycles. The molecule has 1 rings (SSSR count). The molecule has 0 heterocycles. The van der Waals surface area contributed by atoms with Crippen LogP contribution >= 0.6 is 0 Å². The molecule has 0 fully saturated rings. The predicted octanol–water partition coefficient (Wildman–Crippen LogP) is 1.43. The van der Waals surface area contributed by atoms with E-state index < -0.39 is 0 Å². The third-order valence-corrected chi connectivity index (χ3v) is 2.28. The second-order valence-electron chi connectivity index (χ2n) is 4.02. The van der Waals surface area contributed by atoms with Crippen LogP contribution in [-0.4, -0.2) is 38.0 Å². The highest BCUT2D eigenvalue weighted by atomic mass is 19.1. The summed E-state index contributed by atoms with van der Waals surface area (Å²) in [6.45, 7) is 3.10. The van der Waals surface area contributed by atoms with Crippen molar-refractivity contribution >= 4 is 5.91 Å². The van der Waals surface area contributed by atoms with E-state index in [-0.39, 0.29) is 11.7 Å². The number of hydrogen-bond acceptors (Lipinski definition) is 2.